The van der Waals surface area contributed by atoms with E-state index >= 15 is 0 Å². The molecule has 0 bridgehead atoms. The minimum atomic E-state index is 1.50. The average Bonchev–Trinajstić information content (AvgIpc) is 2.54. The zero-order chi connectivity index (χ0) is 12.7. The van der Waals surface area contributed by atoms with Crippen molar-refractivity contribution in [3.63, 3.8) is 0 Å². The Bertz CT molecular complexity index is 307. The lowest BCUT2D eigenvalue weighted by Gasteiger charge is -1.70. The van der Waals surface area contributed by atoms with E-state index in [1.54, 1.807) is 68.0 Å². The molecule has 6 nitrogen and oxygen atoms in total. The average molecular weight is 240 g/mol. The van der Waals surface area contributed by atoms with Gasteiger partial charge in [-0.05, 0) is 6.07 Å². The van der Waals surface area contributed by atoms with Crippen LogP contribution in [0, 0.1) is 0 Å². The fraction of sp³-hybridized carbons (Fsp3) is 0. The Morgan fingerprint density at radius 1 is 0.333 bits per heavy atom. The maximum Gasteiger partial charge on any atom is 0.115 e. The van der Waals surface area contributed by atoms with E-state index in [1.165, 1.54) is 6.33 Å². The smallest absolute Gasteiger partial charge is 0.115 e. The second-order valence-corrected chi connectivity index (χ2v) is 2.69. The van der Waals surface area contributed by atoms with Crippen molar-refractivity contribution in [3.05, 3.63) is 74.4 Å². The van der Waals surface area contributed by atoms with Crippen molar-refractivity contribution in [2.45, 2.75) is 0 Å². The maximum absolute atomic E-state index is 3.72. The van der Waals surface area contributed by atoms with Crippen molar-refractivity contribution < 1.29 is 0 Å². The van der Waals surface area contributed by atoms with Crippen LogP contribution in [0.15, 0.2) is 74.4 Å². The van der Waals surface area contributed by atoms with Crippen molar-refractivity contribution in [1.82, 2.24) is 29.9 Å². The second-order valence-electron chi connectivity index (χ2n) is 2.69. The molecule has 18 heavy (non-hydrogen) atoms. The van der Waals surface area contributed by atoms with Crippen LogP contribution < -0.4 is 0 Å². The van der Waals surface area contributed by atoms with E-state index < -0.39 is 0 Å². The molecule has 0 radical (unpaired) electrons. The minimum Gasteiger partial charge on any atom is -0.262 e. The predicted molar refractivity (Wildman–Crippen MR) is 66.1 cm³/mol. The molecule has 3 aromatic rings. The highest BCUT2D eigenvalue weighted by Gasteiger charge is 1.60. The second kappa shape index (κ2) is 10.7. The Hall–Kier alpha value is -2.76. The van der Waals surface area contributed by atoms with E-state index in [9.17, 15) is 0 Å². The van der Waals surface area contributed by atoms with E-state index in [0.29, 0.717) is 0 Å². The van der Waals surface area contributed by atoms with Crippen molar-refractivity contribution in [2.24, 2.45) is 0 Å². The van der Waals surface area contributed by atoms with Gasteiger partial charge in [-0.2, -0.15) is 0 Å². The van der Waals surface area contributed by atoms with Crippen LogP contribution in [0.4, 0.5) is 0 Å². The van der Waals surface area contributed by atoms with Crippen molar-refractivity contribution >= 4 is 0 Å². The predicted octanol–water partition coefficient (Wildman–Crippen LogP) is 1.43. The molecule has 0 aliphatic rings. The molecule has 0 aromatic carbocycles. The van der Waals surface area contributed by atoms with E-state index in [4.69, 9.17) is 0 Å². The molecule has 0 aliphatic heterocycles. The van der Waals surface area contributed by atoms with Gasteiger partial charge in [0.15, 0.2) is 0 Å². The summed E-state index contributed by atoms with van der Waals surface area (Å²) in [5.74, 6) is 0. The minimum absolute atomic E-state index is 1.50. The van der Waals surface area contributed by atoms with Crippen LogP contribution in [0.1, 0.15) is 0 Å². The lowest BCUT2D eigenvalue weighted by atomic mass is 10.7. The number of rotatable bonds is 0. The Labute approximate surface area is 105 Å². The third kappa shape index (κ3) is 8.54. The molecule has 0 unspecified atom stereocenters. The first-order valence-electron chi connectivity index (χ1n) is 5.10. The van der Waals surface area contributed by atoms with Crippen LogP contribution in [-0.4, -0.2) is 29.9 Å². The number of hydrogen-bond acceptors (Lipinski definition) is 6. The highest BCUT2D eigenvalue weighted by atomic mass is 14.8. The van der Waals surface area contributed by atoms with Gasteiger partial charge in [0.1, 0.15) is 6.33 Å². The van der Waals surface area contributed by atoms with Gasteiger partial charge >= 0.3 is 0 Å². The molecule has 0 N–H and O–H groups in total. The Kier molecular flexibility index (Phi) is 7.94. The normalized spacial score (nSPS) is 8.00. The van der Waals surface area contributed by atoms with Crippen LogP contribution in [-0.2, 0) is 0 Å². The zero-order valence-electron chi connectivity index (χ0n) is 9.61. The molecule has 0 atom stereocenters. The van der Waals surface area contributed by atoms with Crippen LogP contribution in [0.25, 0.3) is 0 Å². The van der Waals surface area contributed by atoms with Gasteiger partial charge in [0, 0.05) is 62.0 Å². The molecule has 3 aromatic heterocycles. The lowest BCUT2D eigenvalue weighted by Crippen LogP contribution is -1.66. The topological polar surface area (TPSA) is 77.3 Å². The van der Waals surface area contributed by atoms with Gasteiger partial charge in [-0.1, -0.05) is 0 Å². The van der Waals surface area contributed by atoms with Gasteiger partial charge in [0.25, 0.3) is 0 Å². The van der Waals surface area contributed by atoms with Crippen molar-refractivity contribution in [2.75, 3.05) is 0 Å². The molecule has 0 saturated carbocycles. The van der Waals surface area contributed by atoms with Gasteiger partial charge in [-0.15, -0.1) is 0 Å². The molecule has 3 heterocycles. The molecule has 0 fully saturated rings. The van der Waals surface area contributed by atoms with Gasteiger partial charge in [0.05, 0.1) is 0 Å². The lowest BCUT2D eigenvalue weighted by molar-refractivity contribution is 1.17. The third-order valence-electron chi connectivity index (χ3n) is 1.43. The summed E-state index contributed by atoms with van der Waals surface area (Å²) in [6.45, 7) is 0. The first-order chi connectivity index (χ1) is 9.00. The van der Waals surface area contributed by atoms with Crippen LogP contribution >= 0.6 is 0 Å². The molecule has 0 saturated heterocycles. The summed E-state index contributed by atoms with van der Waals surface area (Å²) in [4.78, 5) is 22.2. The molecule has 0 amide bonds. The summed E-state index contributed by atoms with van der Waals surface area (Å²) < 4.78 is 0. The van der Waals surface area contributed by atoms with Crippen molar-refractivity contribution in [3.8, 4) is 0 Å². The first kappa shape index (κ1) is 13.3. The van der Waals surface area contributed by atoms with E-state index in [0.717, 1.165) is 0 Å². The van der Waals surface area contributed by atoms with Crippen LogP contribution in [0.3, 0.4) is 0 Å². The summed E-state index contributed by atoms with van der Waals surface area (Å²) in [7, 11) is 0. The summed E-state index contributed by atoms with van der Waals surface area (Å²) in [5, 5.41) is 0. The summed E-state index contributed by atoms with van der Waals surface area (Å²) >= 11 is 0. The highest BCUT2D eigenvalue weighted by Crippen LogP contribution is 1.67. The van der Waals surface area contributed by atoms with Gasteiger partial charge in [-0.3, -0.25) is 19.9 Å². The highest BCUT2D eigenvalue weighted by molar-refractivity contribution is 4.74. The van der Waals surface area contributed by atoms with Gasteiger partial charge in [-0.25, -0.2) is 9.97 Å². The molecule has 0 aliphatic carbocycles. The van der Waals surface area contributed by atoms with Gasteiger partial charge < -0.3 is 0 Å². The van der Waals surface area contributed by atoms with E-state index in [-0.39, 0.29) is 0 Å². The van der Waals surface area contributed by atoms with E-state index in [1.807, 2.05) is 0 Å². The molecule has 3 rings (SSSR count). The molecule has 90 valence electrons. The fourth-order valence-corrected chi connectivity index (χ4v) is 0.760. The molecular formula is C12H12N6. The molecule has 6 heteroatoms. The van der Waals surface area contributed by atoms with Gasteiger partial charge in [0.2, 0.25) is 0 Å². The Morgan fingerprint density at radius 2 is 0.667 bits per heavy atom. The van der Waals surface area contributed by atoms with Crippen LogP contribution in [0.2, 0.25) is 0 Å². The zero-order valence-corrected chi connectivity index (χ0v) is 9.61. The Balaban J connectivity index is 0.000000135. The molecular weight excluding hydrogens is 228 g/mol. The fourth-order valence-electron chi connectivity index (χ4n) is 0.760. The summed E-state index contributed by atoms with van der Waals surface area (Å²) in [6, 6.07) is 1.78. The number of nitrogens with zero attached hydrogens (tertiary/aromatic N) is 6. The maximum atomic E-state index is 3.72. The monoisotopic (exact) mass is 240 g/mol. The van der Waals surface area contributed by atoms with Crippen LogP contribution in [0.5, 0.6) is 0 Å². The molecule has 0 spiro atoms. The quantitative estimate of drug-likeness (QED) is 0.591. The summed E-state index contributed by atoms with van der Waals surface area (Å²) in [5.41, 5.74) is 0. The largest absolute Gasteiger partial charge is 0.262 e. The number of aromatic nitrogens is 6. The SMILES string of the molecule is c1cnccn1.c1cnccn1.c1cncnc1. The van der Waals surface area contributed by atoms with E-state index in [2.05, 4.69) is 29.9 Å². The standard InChI is InChI=1S/3C4H4N2/c2*1-2-6-4-3-5-1;1-2-5-4-6-3-1/h3*1-4H. The van der Waals surface area contributed by atoms with Crippen molar-refractivity contribution in [1.29, 1.82) is 0 Å². The Morgan fingerprint density at radius 3 is 0.778 bits per heavy atom. The third-order valence-corrected chi connectivity index (χ3v) is 1.43. The summed E-state index contributed by atoms with van der Waals surface area (Å²) in [6.07, 6.45) is 18.0. The number of hydrogen-bond donors (Lipinski definition) is 0. The first-order valence-corrected chi connectivity index (χ1v) is 5.10.